The second kappa shape index (κ2) is 10.0. The maximum absolute atomic E-state index is 13.9. The molecule has 0 aliphatic carbocycles. The predicted octanol–water partition coefficient (Wildman–Crippen LogP) is 3.79. The molecule has 0 spiro atoms. The first-order valence-electron chi connectivity index (χ1n) is 10.7. The number of benzene rings is 3. The van der Waals surface area contributed by atoms with E-state index in [-0.39, 0.29) is 30.2 Å². The van der Waals surface area contributed by atoms with Gasteiger partial charge in [0.2, 0.25) is 15.9 Å². The van der Waals surface area contributed by atoms with Gasteiger partial charge in [0.25, 0.3) is 0 Å². The molecule has 1 amide bonds. The van der Waals surface area contributed by atoms with E-state index < -0.39 is 22.0 Å². The van der Waals surface area contributed by atoms with Crippen molar-refractivity contribution in [2.45, 2.75) is 30.4 Å². The van der Waals surface area contributed by atoms with Crippen LogP contribution in [0.25, 0.3) is 0 Å². The summed E-state index contributed by atoms with van der Waals surface area (Å²) >= 11 is 6.22. The Balaban J connectivity index is 1.71. The van der Waals surface area contributed by atoms with Crippen molar-refractivity contribution in [2.24, 2.45) is 0 Å². The highest BCUT2D eigenvalue weighted by atomic mass is 35.5. The lowest BCUT2D eigenvalue weighted by atomic mass is 9.95. The summed E-state index contributed by atoms with van der Waals surface area (Å²) in [5.41, 5.74) is 2.53. The number of rotatable bonds is 7. The van der Waals surface area contributed by atoms with Gasteiger partial charge in [0.15, 0.2) is 0 Å². The number of amides is 1. The molecule has 7 nitrogen and oxygen atoms in total. The lowest BCUT2D eigenvalue weighted by molar-refractivity contribution is -0.125. The van der Waals surface area contributed by atoms with Gasteiger partial charge in [-0.3, -0.25) is 4.79 Å². The Kier molecular flexibility index (Phi) is 7.11. The number of nitrogens with zero attached hydrogens (tertiary/aromatic N) is 1. The van der Waals surface area contributed by atoms with Gasteiger partial charge in [0, 0.05) is 24.2 Å². The van der Waals surface area contributed by atoms with Crippen LogP contribution in [0.5, 0.6) is 11.5 Å². The molecule has 1 heterocycles. The maximum atomic E-state index is 13.9. The molecule has 1 aliphatic rings. The minimum Gasteiger partial charge on any atom is -0.497 e. The van der Waals surface area contributed by atoms with Crippen LogP contribution in [0.1, 0.15) is 16.7 Å². The Morgan fingerprint density at radius 2 is 1.74 bits per heavy atom. The van der Waals surface area contributed by atoms with Crippen molar-refractivity contribution < 1.29 is 22.7 Å². The Labute approximate surface area is 204 Å². The molecule has 34 heavy (non-hydrogen) atoms. The summed E-state index contributed by atoms with van der Waals surface area (Å²) in [7, 11) is -1.26. The quantitative estimate of drug-likeness (QED) is 0.533. The van der Waals surface area contributed by atoms with Crippen molar-refractivity contribution >= 4 is 27.5 Å². The molecule has 3 aromatic carbocycles. The monoisotopic (exact) mass is 500 g/mol. The molecule has 1 atom stereocenters. The Hall–Kier alpha value is -3.07. The van der Waals surface area contributed by atoms with E-state index in [0.717, 1.165) is 16.7 Å². The molecule has 0 saturated carbocycles. The third kappa shape index (κ3) is 4.75. The highest BCUT2D eigenvalue weighted by Gasteiger charge is 2.40. The number of ether oxygens (including phenoxy) is 2. The van der Waals surface area contributed by atoms with Gasteiger partial charge in [-0.1, -0.05) is 54.1 Å². The zero-order valence-electron chi connectivity index (χ0n) is 18.8. The molecular formula is C25H25ClN2O5S. The Bertz CT molecular complexity index is 1310. The van der Waals surface area contributed by atoms with Gasteiger partial charge in [-0.25, -0.2) is 8.42 Å². The van der Waals surface area contributed by atoms with Crippen LogP contribution in [0.3, 0.4) is 0 Å². The number of hydrogen-bond donors (Lipinski definition) is 1. The van der Waals surface area contributed by atoms with Crippen molar-refractivity contribution in [2.75, 3.05) is 14.2 Å². The summed E-state index contributed by atoms with van der Waals surface area (Å²) in [5, 5.41) is 3.39. The molecule has 178 valence electrons. The lowest BCUT2D eigenvalue weighted by Crippen LogP contribution is -2.52. The molecular weight excluding hydrogens is 476 g/mol. The van der Waals surface area contributed by atoms with Crippen molar-refractivity contribution in [3.05, 3.63) is 88.4 Å². The second-order valence-electron chi connectivity index (χ2n) is 7.86. The summed E-state index contributed by atoms with van der Waals surface area (Å²) in [6, 6.07) is 18.3. The Morgan fingerprint density at radius 1 is 1.03 bits per heavy atom. The van der Waals surface area contributed by atoms with E-state index >= 15 is 0 Å². The molecule has 3 aromatic rings. The second-order valence-corrected chi connectivity index (χ2v) is 10.1. The third-order valence-corrected chi connectivity index (χ3v) is 8.12. The normalized spacial score (nSPS) is 15.9. The largest absolute Gasteiger partial charge is 0.497 e. The van der Waals surface area contributed by atoms with E-state index in [1.54, 1.807) is 12.1 Å². The summed E-state index contributed by atoms with van der Waals surface area (Å²) in [5.74, 6) is 0.145. The molecule has 1 N–H and O–H groups in total. The first-order chi connectivity index (χ1) is 16.3. The van der Waals surface area contributed by atoms with Gasteiger partial charge in [0.05, 0.1) is 14.2 Å². The van der Waals surface area contributed by atoms with Gasteiger partial charge >= 0.3 is 0 Å². The minimum atomic E-state index is -4.12. The zero-order chi connectivity index (χ0) is 24.3. The smallest absolute Gasteiger partial charge is 0.247 e. The average Bonchev–Trinajstić information content (AvgIpc) is 2.86. The van der Waals surface area contributed by atoms with Gasteiger partial charge in [-0.05, 0) is 41.3 Å². The fraction of sp³-hybridized carbons (Fsp3) is 0.240. The van der Waals surface area contributed by atoms with E-state index in [2.05, 4.69) is 5.32 Å². The van der Waals surface area contributed by atoms with Crippen LogP contribution in [0, 0.1) is 0 Å². The van der Waals surface area contributed by atoms with Crippen LogP contribution in [0.4, 0.5) is 0 Å². The summed E-state index contributed by atoms with van der Waals surface area (Å²) < 4.78 is 39.6. The van der Waals surface area contributed by atoms with E-state index in [4.69, 9.17) is 21.1 Å². The third-order valence-electron chi connectivity index (χ3n) is 5.88. The number of fused-ring (bicyclic) bond motifs is 1. The van der Waals surface area contributed by atoms with Crippen LogP contribution < -0.4 is 14.8 Å². The number of carbonyl (C=O) groups is 1. The molecule has 4 rings (SSSR count). The van der Waals surface area contributed by atoms with Crippen LogP contribution in [-0.4, -0.2) is 38.9 Å². The highest BCUT2D eigenvalue weighted by molar-refractivity contribution is 7.89. The van der Waals surface area contributed by atoms with E-state index in [9.17, 15) is 13.2 Å². The minimum absolute atomic E-state index is 0.0577. The molecule has 1 unspecified atom stereocenters. The van der Waals surface area contributed by atoms with Crippen LogP contribution in [0.2, 0.25) is 5.02 Å². The first kappa shape index (κ1) is 24.1. The number of nitrogens with one attached hydrogen (secondary N) is 1. The van der Waals surface area contributed by atoms with Gasteiger partial charge in [0.1, 0.15) is 22.4 Å². The molecule has 1 aliphatic heterocycles. The molecule has 0 bridgehead atoms. The number of carbonyl (C=O) groups excluding carboxylic acids is 1. The zero-order valence-corrected chi connectivity index (χ0v) is 20.4. The SMILES string of the molecule is COc1ccc(OC)c(S(=O)(=O)N2Cc3ccccc3CC2C(=O)NCc2ccccc2Cl)c1. The summed E-state index contributed by atoms with van der Waals surface area (Å²) in [6.07, 6.45) is 0.246. The number of halogens is 1. The first-order valence-corrected chi connectivity index (χ1v) is 12.5. The molecule has 0 radical (unpaired) electrons. The number of sulfonamides is 1. The average molecular weight is 501 g/mol. The Morgan fingerprint density at radius 3 is 2.44 bits per heavy atom. The topological polar surface area (TPSA) is 84.9 Å². The predicted molar refractivity (Wildman–Crippen MR) is 130 cm³/mol. The fourth-order valence-corrected chi connectivity index (χ4v) is 5.97. The van der Waals surface area contributed by atoms with E-state index in [1.165, 1.54) is 30.7 Å². The van der Waals surface area contributed by atoms with Crippen molar-refractivity contribution in [3.63, 3.8) is 0 Å². The molecule has 0 aromatic heterocycles. The van der Waals surface area contributed by atoms with Crippen LogP contribution in [-0.2, 0) is 34.3 Å². The summed E-state index contributed by atoms with van der Waals surface area (Å²) in [4.78, 5) is 13.3. The van der Waals surface area contributed by atoms with E-state index in [0.29, 0.717) is 10.8 Å². The number of methoxy groups -OCH3 is 2. The van der Waals surface area contributed by atoms with Crippen molar-refractivity contribution in [1.29, 1.82) is 0 Å². The van der Waals surface area contributed by atoms with Crippen molar-refractivity contribution in [3.8, 4) is 11.5 Å². The molecule has 0 saturated heterocycles. The van der Waals surface area contributed by atoms with Gasteiger partial charge in [-0.2, -0.15) is 4.31 Å². The maximum Gasteiger partial charge on any atom is 0.247 e. The van der Waals surface area contributed by atoms with Crippen LogP contribution in [0.15, 0.2) is 71.6 Å². The molecule has 9 heteroatoms. The summed E-state index contributed by atoms with van der Waals surface area (Å²) in [6.45, 7) is 0.246. The number of hydrogen-bond acceptors (Lipinski definition) is 5. The molecule has 0 fully saturated rings. The van der Waals surface area contributed by atoms with Gasteiger partial charge in [-0.15, -0.1) is 0 Å². The van der Waals surface area contributed by atoms with Crippen LogP contribution >= 0.6 is 11.6 Å². The highest BCUT2D eigenvalue weighted by Crippen LogP contribution is 2.35. The fourth-order valence-electron chi connectivity index (χ4n) is 4.03. The van der Waals surface area contributed by atoms with Gasteiger partial charge < -0.3 is 14.8 Å². The standard InChI is InChI=1S/C25H25ClN2O5S/c1-32-20-11-12-23(33-2)24(14-20)34(30,31)28-16-19-9-4-3-7-17(19)13-22(28)25(29)27-15-18-8-5-6-10-21(18)26/h3-12,14,22H,13,15-16H2,1-2H3,(H,27,29). The lowest BCUT2D eigenvalue weighted by Gasteiger charge is -2.35. The van der Waals surface area contributed by atoms with E-state index in [1.807, 2.05) is 42.5 Å². The van der Waals surface area contributed by atoms with Crippen molar-refractivity contribution in [1.82, 2.24) is 9.62 Å².